The third-order valence-corrected chi connectivity index (χ3v) is 4.57. The molecule has 0 spiro atoms. The van der Waals surface area contributed by atoms with E-state index in [1.807, 2.05) is 13.8 Å². The largest absolute Gasteiger partial charge is 0.480 e. The lowest BCUT2D eigenvalue weighted by Gasteiger charge is -2.33. The minimum Gasteiger partial charge on any atom is -0.480 e. The van der Waals surface area contributed by atoms with Gasteiger partial charge in [0.1, 0.15) is 11.9 Å². The number of hydrogen-bond donors (Lipinski definition) is 1. The average Bonchev–Trinajstić information content (AvgIpc) is 2.91. The Morgan fingerprint density at radius 3 is 2.48 bits per heavy atom. The van der Waals surface area contributed by atoms with E-state index in [0.29, 0.717) is 18.1 Å². The van der Waals surface area contributed by atoms with E-state index in [4.69, 9.17) is 0 Å². The fourth-order valence-electron chi connectivity index (χ4n) is 3.39. The Bertz CT molecular complexity index is 807. The molecule has 7 heteroatoms. The molecule has 2 heterocycles. The minimum absolute atomic E-state index is 0.168. The quantitative estimate of drug-likeness (QED) is 0.912. The van der Waals surface area contributed by atoms with Crippen LogP contribution in [0.4, 0.5) is 0 Å². The standard InChI is InChI=1S/C18H22N4O3/c1-11-6-12(2)8-14(7-11)4-5-17(23)22-10-16-20-19-13(3)21(16)9-15(22)18(24)25/h6-8,15H,4-5,9-10H2,1-3H3,(H,24,25). The van der Waals surface area contributed by atoms with Crippen LogP contribution in [-0.4, -0.2) is 42.7 Å². The molecule has 1 aromatic carbocycles. The Balaban J connectivity index is 1.74. The molecule has 0 bridgehead atoms. The molecule has 1 unspecified atom stereocenters. The van der Waals surface area contributed by atoms with Gasteiger partial charge in [0.05, 0.1) is 13.1 Å². The van der Waals surface area contributed by atoms with Crippen LogP contribution < -0.4 is 0 Å². The molecule has 25 heavy (non-hydrogen) atoms. The number of nitrogens with zero attached hydrogens (tertiary/aromatic N) is 4. The fourth-order valence-corrected chi connectivity index (χ4v) is 3.39. The molecule has 1 aromatic heterocycles. The summed E-state index contributed by atoms with van der Waals surface area (Å²) in [7, 11) is 0. The van der Waals surface area contributed by atoms with E-state index in [9.17, 15) is 14.7 Å². The summed E-state index contributed by atoms with van der Waals surface area (Å²) in [6, 6.07) is 5.33. The maximum Gasteiger partial charge on any atom is 0.328 e. The lowest BCUT2D eigenvalue weighted by atomic mass is 10.0. The van der Waals surface area contributed by atoms with Crippen LogP contribution in [0.1, 0.15) is 34.8 Å². The van der Waals surface area contributed by atoms with E-state index < -0.39 is 12.0 Å². The van der Waals surface area contributed by atoms with Crippen molar-refractivity contribution in [1.82, 2.24) is 19.7 Å². The minimum atomic E-state index is -1.00. The molecule has 0 saturated heterocycles. The highest BCUT2D eigenvalue weighted by Crippen LogP contribution is 2.20. The van der Waals surface area contributed by atoms with Gasteiger partial charge in [-0.3, -0.25) is 4.79 Å². The summed E-state index contributed by atoms with van der Waals surface area (Å²) in [5.74, 6) is 0.135. The van der Waals surface area contributed by atoms with Gasteiger partial charge in [0, 0.05) is 6.42 Å². The molecule has 0 saturated carbocycles. The van der Waals surface area contributed by atoms with Crippen LogP contribution in [0, 0.1) is 20.8 Å². The van der Waals surface area contributed by atoms with Gasteiger partial charge in [-0.15, -0.1) is 10.2 Å². The first-order valence-corrected chi connectivity index (χ1v) is 8.33. The van der Waals surface area contributed by atoms with Crippen LogP contribution >= 0.6 is 0 Å². The summed E-state index contributed by atoms with van der Waals surface area (Å²) >= 11 is 0. The lowest BCUT2D eigenvalue weighted by molar-refractivity contribution is -0.152. The molecule has 0 fully saturated rings. The van der Waals surface area contributed by atoms with E-state index in [1.165, 1.54) is 4.90 Å². The molecule has 1 amide bonds. The summed E-state index contributed by atoms with van der Waals surface area (Å²) < 4.78 is 1.77. The van der Waals surface area contributed by atoms with Crippen LogP contribution in [-0.2, 0) is 29.1 Å². The number of amides is 1. The molecule has 132 valence electrons. The number of aromatic nitrogens is 3. The van der Waals surface area contributed by atoms with Crippen LogP contribution in [0.15, 0.2) is 18.2 Å². The summed E-state index contributed by atoms with van der Waals surface area (Å²) in [6.45, 7) is 6.21. The van der Waals surface area contributed by atoms with Crippen LogP contribution in [0.25, 0.3) is 0 Å². The van der Waals surface area contributed by atoms with Gasteiger partial charge in [-0.05, 0) is 32.8 Å². The van der Waals surface area contributed by atoms with Crippen LogP contribution in [0.2, 0.25) is 0 Å². The molecule has 7 nitrogen and oxygen atoms in total. The normalized spacial score (nSPS) is 16.6. The fraction of sp³-hybridized carbons (Fsp3) is 0.444. The number of aliphatic carboxylic acids is 1. The molecule has 3 rings (SSSR count). The third kappa shape index (κ3) is 3.55. The Morgan fingerprint density at radius 2 is 1.84 bits per heavy atom. The monoisotopic (exact) mass is 342 g/mol. The first-order valence-electron chi connectivity index (χ1n) is 8.33. The number of carboxylic acids is 1. The summed E-state index contributed by atoms with van der Waals surface area (Å²) in [5.41, 5.74) is 3.41. The SMILES string of the molecule is Cc1cc(C)cc(CCC(=O)N2Cc3nnc(C)n3CC2C(=O)O)c1. The number of benzene rings is 1. The summed E-state index contributed by atoms with van der Waals surface area (Å²) in [4.78, 5) is 25.7. The Labute approximate surface area is 146 Å². The molecule has 2 aromatic rings. The molecular weight excluding hydrogens is 320 g/mol. The van der Waals surface area contributed by atoms with E-state index >= 15 is 0 Å². The maximum absolute atomic E-state index is 12.7. The predicted molar refractivity (Wildman–Crippen MR) is 91.0 cm³/mol. The number of carbonyl (C=O) groups is 2. The summed E-state index contributed by atoms with van der Waals surface area (Å²) in [6.07, 6.45) is 0.871. The zero-order valence-electron chi connectivity index (χ0n) is 14.7. The van der Waals surface area contributed by atoms with E-state index in [1.54, 1.807) is 11.5 Å². The number of fused-ring (bicyclic) bond motifs is 1. The van der Waals surface area contributed by atoms with E-state index in [0.717, 1.165) is 16.7 Å². The second-order valence-electron chi connectivity index (χ2n) is 6.65. The van der Waals surface area contributed by atoms with Gasteiger partial charge < -0.3 is 14.6 Å². The smallest absolute Gasteiger partial charge is 0.328 e. The Hall–Kier alpha value is -2.70. The predicted octanol–water partition coefficient (Wildman–Crippen LogP) is 1.63. The average molecular weight is 342 g/mol. The van der Waals surface area contributed by atoms with Gasteiger partial charge in [0.2, 0.25) is 5.91 Å². The zero-order chi connectivity index (χ0) is 18.1. The highest BCUT2D eigenvalue weighted by molar-refractivity contribution is 5.84. The number of carbonyl (C=O) groups excluding carboxylic acids is 1. The van der Waals surface area contributed by atoms with Gasteiger partial charge >= 0.3 is 5.97 Å². The van der Waals surface area contributed by atoms with E-state index in [2.05, 4.69) is 28.4 Å². The second kappa shape index (κ2) is 6.66. The van der Waals surface area contributed by atoms with Crippen molar-refractivity contribution in [2.24, 2.45) is 0 Å². The molecule has 1 aliphatic rings. The van der Waals surface area contributed by atoms with Gasteiger partial charge in [0.25, 0.3) is 0 Å². The molecule has 1 N–H and O–H groups in total. The molecule has 0 radical (unpaired) electrons. The maximum atomic E-state index is 12.7. The van der Waals surface area contributed by atoms with Gasteiger partial charge in [-0.2, -0.15) is 0 Å². The number of hydrogen-bond acceptors (Lipinski definition) is 4. The lowest BCUT2D eigenvalue weighted by Crippen LogP contribution is -2.50. The molecular formula is C18H22N4O3. The third-order valence-electron chi connectivity index (χ3n) is 4.57. The zero-order valence-corrected chi connectivity index (χ0v) is 14.7. The van der Waals surface area contributed by atoms with Crippen molar-refractivity contribution in [1.29, 1.82) is 0 Å². The van der Waals surface area contributed by atoms with Crippen molar-refractivity contribution in [3.63, 3.8) is 0 Å². The molecule has 1 atom stereocenters. The van der Waals surface area contributed by atoms with Crippen molar-refractivity contribution in [2.45, 2.75) is 52.7 Å². The Morgan fingerprint density at radius 1 is 1.16 bits per heavy atom. The van der Waals surface area contributed by atoms with Crippen molar-refractivity contribution >= 4 is 11.9 Å². The van der Waals surface area contributed by atoms with Gasteiger partial charge in [-0.25, -0.2) is 4.79 Å². The van der Waals surface area contributed by atoms with Crippen molar-refractivity contribution in [3.05, 3.63) is 46.5 Å². The number of aryl methyl sites for hydroxylation is 4. The van der Waals surface area contributed by atoms with Crippen LogP contribution in [0.3, 0.4) is 0 Å². The molecule has 1 aliphatic heterocycles. The number of rotatable bonds is 4. The topological polar surface area (TPSA) is 88.3 Å². The van der Waals surface area contributed by atoms with Crippen LogP contribution in [0.5, 0.6) is 0 Å². The number of carboxylic acid groups (broad SMARTS) is 1. The highest BCUT2D eigenvalue weighted by Gasteiger charge is 2.36. The Kier molecular flexibility index (Phi) is 4.57. The van der Waals surface area contributed by atoms with E-state index in [-0.39, 0.29) is 25.4 Å². The van der Waals surface area contributed by atoms with Gasteiger partial charge in [-0.1, -0.05) is 29.3 Å². The van der Waals surface area contributed by atoms with Crippen molar-refractivity contribution in [3.8, 4) is 0 Å². The van der Waals surface area contributed by atoms with Crippen molar-refractivity contribution < 1.29 is 14.7 Å². The highest BCUT2D eigenvalue weighted by atomic mass is 16.4. The van der Waals surface area contributed by atoms with Gasteiger partial charge in [0.15, 0.2) is 5.82 Å². The second-order valence-corrected chi connectivity index (χ2v) is 6.65. The molecule has 0 aliphatic carbocycles. The van der Waals surface area contributed by atoms with Crippen molar-refractivity contribution in [2.75, 3.05) is 0 Å². The first kappa shape index (κ1) is 17.1. The first-order chi connectivity index (χ1) is 11.8. The summed E-state index contributed by atoms with van der Waals surface area (Å²) in [5, 5.41) is 17.6.